The van der Waals surface area contributed by atoms with Gasteiger partial charge in [-0.1, -0.05) is 11.6 Å². The number of sulfonamides is 1. The quantitative estimate of drug-likeness (QED) is 0.863. The van der Waals surface area contributed by atoms with E-state index in [1.165, 1.54) is 12.1 Å². The molecule has 0 saturated carbocycles. The third-order valence-electron chi connectivity index (χ3n) is 2.73. The highest BCUT2D eigenvalue weighted by Crippen LogP contribution is 2.27. The van der Waals surface area contributed by atoms with Crippen molar-refractivity contribution in [2.75, 3.05) is 10.8 Å². The predicted molar refractivity (Wildman–Crippen MR) is 75.8 cm³/mol. The second-order valence-corrected chi connectivity index (χ2v) is 6.40. The summed E-state index contributed by atoms with van der Waals surface area (Å²) in [6, 6.07) is 4.48. The van der Waals surface area contributed by atoms with Crippen molar-refractivity contribution >= 4 is 27.3 Å². The van der Waals surface area contributed by atoms with E-state index in [-0.39, 0.29) is 22.2 Å². The molecule has 0 aliphatic heterocycles. The summed E-state index contributed by atoms with van der Waals surface area (Å²) >= 11 is 5.65. The Morgan fingerprint density at radius 1 is 1.24 bits per heavy atom. The molecule has 0 radical (unpaired) electrons. The lowest BCUT2D eigenvalue weighted by atomic mass is 10.3. The van der Waals surface area contributed by atoms with Gasteiger partial charge in [0.05, 0.1) is 11.9 Å². The summed E-state index contributed by atoms with van der Waals surface area (Å²) in [7, 11) is -4.11. The molecule has 1 aromatic carbocycles. The van der Waals surface area contributed by atoms with Crippen LogP contribution in [0.5, 0.6) is 0 Å². The second-order valence-electron chi connectivity index (χ2n) is 4.10. The van der Waals surface area contributed by atoms with Gasteiger partial charge in [0, 0.05) is 17.8 Å². The molecular weight excluding hydrogens is 322 g/mol. The van der Waals surface area contributed by atoms with Crippen LogP contribution >= 0.6 is 11.6 Å². The Kier molecular flexibility index (Phi) is 4.43. The zero-order valence-electron chi connectivity index (χ0n) is 10.9. The number of pyridine rings is 1. The molecule has 112 valence electrons. The third-order valence-corrected chi connectivity index (χ3v) is 4.82. The van der Waals surface area contributed by atoms with Gasteiger partial charge in [-0.2, -0.15) is 0 Å². The van der Waals surface area contributed by atoms with Gasteiger partial charge < -0.3 is 0 Å². The minimum Gasteiger partial charge on any atom is -0.264 e. The zero-order valence-corrected chi connectivity index (χ0v) is 12.5. The summed E-state index contributed by atoms with van der Waals surface area (Å²) in [6.07, 6.45) is 1.90. The third kappa shape index (κ3) is 3.14. The molecule has 0 spiro atoms. The van der Waals surface area contributed by atoms with Gasteiger partial charge in [0.15, 0.2) is 0 Å². The van der Waals surface area contributed by atoms with Crippen LogP contribution in [0.15, 0.2) is 41.6 Å². The largest absolute Gasteiger partial charge is 0.266 e. The lowest BCUT2D eigenvalue weighted by molar-refractivity contribution is 0.580. The summed E-state index contributed by atoms with van der Waals surface area (Å²) in [5.74, 6) is -1.57. The molecule has 0 atom stereocenters. The fourth-order valence-corrected chi connectivity index (χ4v) is 3.43. The van der Waals surface area contributed by atoms with E-state index >= 15 is 0 Å². The topological polar surface area (TPSA) is 50.3 Å². The highest BCUT2D eigenvalue weighted by molar-refractivity contribution is 7.92. The first-order valence-electron chi connectivity index (χ1n) is 5.94. The van der Waals surface area contributed by atoms with E-state index in [0.29, 0.717) is 0 Å². The summed E-state index contributed by atoms with van der Waals surface area (Å²) < 4.78 is 52.9. The van der Waals surface area contributed by atoms with E-state index in [9.17, 15) is 17.2 Å². The molecule has 0 aliphatic carbocycles. The Morgan fingerprint density at radius 2 is 1.95 bits per heavy atom. The number of nitrogens with zero attached hydrogens (tertiary/aromatic N) is 2. The number of rotatable bonds is 4. The van der Waals surface area contributed by atoms with Crippen molar-refractivity contribution in [2.24, 2.45) is 0 Å². The predicted octanol–water partition coefficient (Wildman–Crippen LogP) is 3.23. The van der Waals surface area contributed by atoms with Crippen LogP contribution in [-0.4, -0.2) is 19.9 Å². The summed E-state index contributed by atoms with van der Waals surface area (Å²) in [5.41, 5.74) is -0.161. The monoisotopic (exact) mass is 332 g/mol. The number of anilines is 1. The van der Waals surface area contributed by atoms with Crippen molar-refractivity contribution in [1.82, 2.24) is 4.98 Å². The molecule has 0 fully saturated rings. The van der Waals surface area contributed by atoms with Crippen LogP contribution in [0.3, 0.4) is 0 Å². The van der Waals surface area contributed by atoms with Crippen LogP contribution in [0.1, 0.15) is 6.92 Å². The maximum absolute atomic E-state index is 13.9. The van der Waals surface area contributed by atoms with Gasteiger partial charge in [-0.25, -0.2) is 17.2 Å². The highest BCUT2D eigenvalue weighted by atomic mass is 35.5. The number of aromatic nitrogens is 1. The van der Waals surface area contributed by atoms with Gasteiger partial charge in [0.1, 0.15) is 16.5 Å². The van der Waals surface area contributed by atoms with Gasteiger partial charge in [-0.15, -0.1) is 0 Å². The van der Waals surface area contributed by atoms with E-state index in [2.05, 4.69) is 4.98 Å². The fourth-order valence-electron chi connectivity index (χ4n) is 1.81. The van der Waals surface area contributed by atoms with Gasteiger partial charge in [-0.05, 0) is 31.2 Å². The van der Waals surface area contributed by atoms with Gasteiger partial charge in [0.2, 0.25) is 0 Å². The van der Waals surface area contributed by atoms with E-state index in [0.717, 1.165) is 28.8 Å². The summed E-state index contributed by atoms with van der Waals surface area (Å²) in [5, 5.41) is 0.150. The normalized spacial score (nSPS) is 11.4. The molecule has 1 heterocycles. The molecule has 0 aliphatic rings. The number of halogens is 3. The first-order chi connectivity index (χ1) is 9.86. The van der Waals surface area contributed by atoms with E-state index in [1.54, 1.807) is 6.92 Å². The van der Waals surface area contributed by atoms with E-state index < -0.39 is 21.7 Å². The van der Waals surface area contributed by atoms with E-state index in [1.807, 2.05) is 0 Å². The van der Waals surface area contributed by atoms with Gasteiger partial charge in [-0.3, -0.25) is 9.29 Å². The maximum Gasteiger partial charge on any atom is 0.266 e. The smallest absolute Gasteiger partial charge is 0.264 e. The molecule has 2 aromatic rings. The standard InChI is InChI=1S/C13H11ClF2N2O2S/c1-2-18(13-4-3-9(14)5-12(13)16)21(19,20)11-6-10(15)7-17-8-11/h3-8H,2H2,1H3. The molecule has 0 saturated heterocycles. The Bertz CT molecular complexity index is 769. The van der Waals surface area contributed by atoms with Gasteiger partial charge in [0.25, 0.3) is 10.0 Å². The zero-order chi connectivity index (χ0) is 15.6. The van der Waals surface area contributed by atoms with Crippen molar-refractivity contribution in [3.05, 3.63) is 53.3 Å². The molecule has 4 nitrogen and oxygen atoms in total. The molecule has 0 bridgehead atoms. The van der Waals surface area contributed by atoms with E-state index in [4.69, 9.17) is 11.6 Å². The molecule has 8 heteroatoms. The van der Waals surface area contributed by atoms with Crippen molar-refractivity contribution in [2.45, 2.75) is 11.8 Å². The Hall–Kier alpha value is -1.73. The van der Waals surface area contributed by atoms with Crippen molar-refractivity contribution in [3.63, 3.8) is 0 Å². The fraction of sp³-hybridized carbons (Fsp3) is 0.154. The van der Waals surface area contributed by atoms with Crippen molar-refractivity contribution < 1.29 is 17.2 Å². The average Bonchev–Trinajstić information content (AvgIpc) is 2.42. The van der Waals surface area contributed by atoms with Crippen LogP contribution < -0.4 is 4.31 Å². The first kappa shape index (κ1) is 15.7. The SMILES string of the molecule is CCN(c1ccc(Cl)cc1F)S(=O)(=O)c1cncc(F)c1. The number of benzene rings is 1. The maximum atomic E-state index is 13.9. The minimum atomic E-state index is -4.11. The minimum absolute atomic E-state index is 0.0304. The molecule has 0 amide bonds. The van der Waals surface area contributed by atoms with Crippen molar-refractivity contribution in [3.8, 4) is 0 Å². The van der Waals surface area contributed by atoms with Gasteiger partial charge >= 0.3 is 0 Å². The van der Waals surface area contributed by atoms with Crippen LogP contribution in [0.4, 0.5) is 14.5 Å². The van der Waals surface area contributed by atoms with Crippen LogP contribution in [0.25, 0.3) is 0 Å². The van der Waals surface area contributed by atoms with Crippen LogP contribution in [0.2, 0.25) is 5.02 Å². The highest BCUT2D eigenvalue weighted by Gasteiger charge is 2.26. The molecular formula is C13H11ClF2N2O2S. The summed E-state index contributed by atoms with van der Waals surface area (Å²) in [6.45, 7) is 1.51. The first-order valence-corrected chi connectivity index (χ1v) is 7.76. The Labute approximate surface area is 126 Å². The van der Waals surface area contributed by atoms with Crippen molar-refractivity contribution in [1.29, 1.82) is 0 Å². The molecule has 0 N–H and O–H groups in total. The molecule has 21 heavy (non-hydrogen) atoms. The van der Waals surface area contributed by atoms with Crippen LogP contribution in [-0.2, 0) is 10.0 Å². The average molecular weight is 333 g/mol. The Balaban J connectivity index is 2.54. The van der Waals surface area contributed by atoms with Crippen LogP contribution in [0, 0.1) is 11.6 Å². The molecule has 0 unspecified atom stereocenters. The Morgan fingerprint density at radius 3 is 2.52 bits per heavy atom. The summed E-state index contributed by atoms with van der Waals surface area (Å²) in [4.78, 5) is 3.15. The number of hydrogen-bond acceptors (Lipinski definition) is 3. The lowest BCUT2D eigenvalue weighted by Gasteiger charge is -2.23. The lowest BCUT2D eigenvalue weighted by Crippen LogP contribution is -2.31. The second kappa shape index (κ2) is 5.95. The molecule has 1 aromatic heterocycles. The number of hydrogen-bond donors (Lipinski definition) is 0. The molecule has 2 rings (SSSR count).